The maximum atomic E-state index is 11.1. The number of hydrogen-bond acceptors (Lipinski definition) is 3. The molecule has 0 spiro atoms. The van der Waals surface area contributed by atoms with E-state index in [4.69, 9.17) is 9.84 Å². The van der Waals surface area contributed by atoms with Crippen molar-refractivity contribution in [2.45, 2.75) is 39.3 Å². The monoisotopic (exact) mass is 276 g/mol. The van der Waals surface area contributed by atoms with Crippen LogP contribution in [0.4, 0.5) is 0 Å². The molecule has 5 nitrogen and oxygen atoms in total. The van der Waals surface area contributed by atoms with Crippen LogP contribution in [0.25, 0.3) is 11.0 Å². The zero-order valence-electron chi connectivity index (χ0n) is 11.9. The zero-order chi connectivity index (χ0) is 14.5. The van der Waals surface area contributed by atoms with Gasteiger partial charge in [0.05, 0.1) is 11.0 Å². The largest absolute Gasteiger partial charge is 0.479 e. The summed E-state index contributed by atoms with van der Waals surface area (Å²) in [6, 6.07) is 7.91. The molecule has 0 aliphatic heterocycles. The van der Waals surface area contributed by atoms with Gasteiger partial charge in [0.15, 0.2) is 6.10 Å². The molecule has 20 heavy (non-hydrogen) atoms. The van der Waals surface area contributed by atoms with Gasteiger partial charge in [-0.1, -0.05) is 19.1 Å². The van der Waals surface area contributed by atoms with Crippen molar-refractivity contribution in [3.8, 4) is 0 Å². The fourth-order valence-electron chi connectivity index (χ4n) is 2.37. The Hall–Kier alpha value is -1.88. The molecule has 0 amide bonds. The Morgan fingerprint density at radius 1 is 1.40 bits per heavy atom. The Morgan fingerprint density at radius 2 is 2.15 bits per heavy atom. The van der Waals surface area contributed by atoms with E-state index < -0.39 is 12.1 Å². The quantitative estimate of drug-likeness (QED) is 0.843. The second-order valence-corrected chi connectivity index (χ2v) is 4.59. The van der Waals surface area contributed by atoms with Crippen molar-refractivity contribution >= 4 is 17.0 Å². The number of aromatic nitrogens is 2. The normalized spacial score (nSPS) is 12.7. The lowest BCUT2D eigenvalue weighted by atomic mass is 10.2. The van der Waals surface area contributed by atoms with Crippen LogP contribution in [-0.2, 0) is 22.5 Å². The number of hydrogen-bond donors (Lipinski definition) is 1. The van der Waals surface area contributed by atoms with Crippen molar-refractivity contribution in [1.82, 2.24) is 9.55 Å². The van der Waals surface area contributed by atoms with E-state index in [0.29, 0.717) is 19.6 Å². The van der Waals surface area contributed by atoms with Crippen LogP contribution >= 0.6 is 0 Å². The molecule has 0 aliphatic rings. The number of rotatable bonds is 7. The molecule has 1 N–H and O–H groups in total. The van der Waals surface area contributed by atoms with Crippen molar-refractivity contribution in [1.29, 1.82) is 0 Å². The molecule has 2 aromatic rings. The average molecular weight is 276 g/mol. The highest BCUT2D eigenvalue weighted by molar-refractivity contribution is 5.76. The summed E-state index contributed by atoms with van der Waals surface area (Å²) in [6.07, 6.45) is 0.503. The smallest absolute Gasteiger partial charge is 0.332 e. The van der Waals surface area contributed by atoms with Gasteiger partial charge in [-0.05, 0) is 19.1 Å². The molecule has 1 heterocycles. The van der Waals surface area contributed by atoms with Crippen LogP contribution in [0.3, 0.4) is 0 Å². The summed E-state index contributed by atoms with van der Waals surface area (Å²) in [5, 5.41) is 9.12. The third-order valence-corrected chi connectivity index (χ3v) is 3.31. The van der Waals surface area contributed by atoms with E-state index in [1.165, 1.54) is 0 Å². The fourth-order valence-corrected chi connectivity index (χ4v) is 2.37. The highest BCUT2D eigenvalue weighted by Gasteiger charge is 2.18. The molecule has 1 atom stereocenters. The second-order valence-electron chi connectivity index (χ2n) is 4.59. The number of aliphatic carboxylic acids is 1. The predicted molar refractivity (Wildman–Crippen MR) is 76.8 cm³/mol. The fraction of sp³-hybridized carbons (Fsp3) is 0.467. The van der Waals surface area contributed by atoms with E-state index in [2.05, 4.69) is 16.5 Å². The number of carboxylic acids is 1. The average Bonchev–Trinajstić information content (AvgIpc) is 2.81. The molecule has 0 aliphatic carbocycles. The van der Waals surface area contributed by atoms with Gasteiger partial charge in [-0.25, -0.2) is 9.78 Å². The minimum Gasteiger partial charge on any atom is -0.479 e. The van der Waals surface area contributed by atoms with E-state index in [1.54, 1.807) is 6.92 Å². The van der Waals surface area contributed by atoms with Crippen LogP contribution < -0.4 is 0 Å². The highest BCUT2D eigenvalue weighted by Crippen LogP contribution is 2.17. The van der Waals surface area contributed by atoms with Crippen molar-refractivity contribution in [2.75, 3.05) is 6.61 Å². The lowest BCUT2D eigenvalue weighted by molar-refractivity contribution is -0.150. The molecule has 1 unspecified atom stereocenters. The molecule has 108 valence electrons. The lowest BCUT2D eigenvalue weighted by Gasteiger charge is -2.14. The third-order valence-electron chi connectivity index (χ3n) is 3.31. The number of carbonyl (C=O) groups is 1. The summed E-state index contributed by atoms with van der Waals surface area (Å²) < 4.78 is 7.34. The Bertz CT molecular complexity index is 592. The topological polar surface area (TPSA) is 64.4 Å². The van der Waals surface area contributed by atoms with Gasteiger partial charge in [0.25, 0.3) is 0 Å². The van der Waals surface area contributed by atoms with Crippen LogP contribution in [0.15, 0.2) is 24.3 Å². The van der Waals surface area contributed by atoms with E-state index in [-0.39, 0.29) is 0 Å². The molecule has 1 aromatic carbocycles. The molecular formula is C15H20N2O3. The minimum absolute atomic E-state index is 0.405. The van der Waals surface area contributed by atoms with Crippen LogP contribution in [-0.4, -0.2) is 33.3 Å². The Labute approximate surface area is 118 Å². The molecule has 0 fully saturated rings. The van der Waals surface area contributed by atoms with E-state index >= 15 is 0 Å². The predicted octanol–water partition coefficient (Wildman–Crippen LogP) is 2.48. The van der Waals surface area contributed by atoms with Crippen LogP contribution in [0.2, 0.25) is 0 Å². The maximum Gasteiger partial charge on any atom is 0.332 e. The van der Waals surface area contributed by atoms with Gasteiger partial charge in [-0.3, -0.25) is 0 Å². The number of nitrogens with zero attached hydrogens (tertiary/aromatic N) is 2. The lowest BCUT2D eigenvalue weighted by Crippen LogP contribution is -2.25. The van der Waals surface area contributed by atoms with E-state index in [0.717, 1.165) is 23.3 Å². The number of benzene rings is 1. The molecule has 0 saturated carbocycles. The number of aryl methyl sites for hydroxylation is 2. The SMILES string of the molecule is CCOC(CCn1c(CC)nc2ccccc21)C(=O)O. The number of para-hydroxylation sites is 2. The molecule has 0 saturated heterocycles. The van der Waals surface area contributed by atoms with Gasteiger partial charge in [0, 0.05) is 26.0 Å². The number of ether oxygens (including phenoxy) is 1. The summed E-state index contributed by atoms with van der Waals surface area (Å²) >= 11 is 0. The summed E-state index contributed by atoms with van der Waals surface area (Å²) in [7, 11) is 0. The highest BCUT2D eigenvalue weighted by atomic mass is 16.5. The number of carboxylic acid groups (broad SMARTS) is 1. The summed E-state index contributed by atoms with van der Waals surface area (Å²) in [5.41, 5.74) is 2.00. The standard InChI is InChI=1S/C15H20N2O3/c1-3-14-16-11-7-5-6-8-12(11)17(14)10-9-13(15(18)19)20-4-2/h5-8,13H,3-4,9-10H2,1-2H3,(H,18,19). The summed E-state index contributed by atoms with van der Waals surface area (Å²) in [5.74, 6) is 0.0705. The Morgan fingerprint density at radius 3 is 2.80 bits per heavy atom. The first-order valence-electron chi connectivity index (χ1n) is 6.95. The van der Waals surface area contributed by atoms with Gasteiger partial charge in [-0.2, -0.15) is 0 Å². The first-order chi connectivity index (χ1) is 9.67. The molecule has 0 radical (unpaired) electrons. The first kappa shape index (κ1) is 14.5. The maximum absolute atomic E-state index is 11.1. The Kier molecular flexibility index (Phi) is 4.74. The van der Waals surface area contributed by atoms with Crippen molar-refractivity contribution in [3.63, 3.8) is 0 Å². The van der Waals surface area contributed by atoms with Gasteiger partial charge >= 0.3 is 5.97 Å². The number of imidazole rings is 1. The first-order valence-corrected chi connectivity index (χ1v) is 6.95. The second kappa shape index (κ2) is 6.52. The molecular weight excluding hydrogens is 256 g/mol. The van der Waals surface area contributed by atoms with Crippen molar-refractivity contribution in [2.24, 2.45) is 0 Å². The van der Waals surface area contributed by atoms with Gasteiger partial charge in [0.1, 0.15) is 5.82 Å². The van der Waals surface area contributed by atoms with Crippen LogP contribution in [0.1, 0.15) is 26.1 Å². The van der Waals surface area contributed by atoms with Gasteiger partial charge in [-0.15, -0.1) is 0 Å². The number of fused-ring (bicyclic) bond motifs is 1. The van der Waals surface area contributed by atoms with Gasteiger partial charge in [0.2, 0.25) is 0 Å². The molecule has 1 aromatic heterocycles. The third kappa shape index (κ3) is 2.99. The molecule has 5 heteroatoms. The van der Waals surface area contributed by atoms with Crippen molar-refractivity contribution in [3.05, 3.63) is 30.1 Å². The molecule has 2 rings (SSSR count). The minimum atomic E-state index is -0.908. The van der Waals surface area contributed by atoms with Crippen LogP contribution in [0.5, 0.6) is 0 Å². The summed E-state index contributed by atoms with van der Waals surface area (Å²) in [4.78, 5) is 15.7. The summed E-state index contributed by atoms with van der Waals surface area (Å²) in [6.45, 7) is 4.86. The van der Waals surface area contributed by atoms with E-state index in [1.807, 2.05) is 24.3 Å². The van der Waals surface area contributed by atoms with Crippen LogP contribution in [0, 0.1) is 0 Å². The Balaban J connectivity index is 2.22. The van der Waals surface area contributed by atoms with Gasteiger partial charge < -0.3 is 14.4 Å². The van der Waals surface area contributed by atoms with E-state index in [9.17, 15) is 4.79 Å². The molecule has 0 bridgehead atoms. The van der Waals surface area contributed by atoms with Crippen molar-refractivity contribution < 1.29 is 14.6 Å². The zero-order valence-corrected chi connectivity index (χ0v) is 11.9.